The third-order valence-electron chi connectivity index (χ3n) is 3.37. The first-order valence-corrected chi connectivity index (χ1v) is 8.92. The van der Waals surface area contributed by atoms with E-state index in [-0.39, 0.29) is 11.7 Å². The number of hydrogen-bond donors (Lipinski definition) is 2. The Kier molecular flexibility index (Phi) is 5.69. The van der Waals surface area contributed by atoms with Crippen LogP contribution in [0.2, 0.25) is 0 Å². The molecule has 3 N–H and O–H groups in total. The van der Waals surface area contributed by atoms with Crippen molar-refractivity contribution in [1.29, 1.82) is 0 Å². The molecule has 26 heavy (non-hydrogen) atoms. The molecule has 0 fully saturated rings. The number of benzene rings is 1. The van der Waals surface area contributed by atoms with E-state index in [1.165, 1.54) is 16.4 Å². The van der Waals surface area contributed by atoms with E-state index in [9.17, 15) is 4.79 Å². The van der Waals surface area contributed by atoms with Crippen LogP contribution in [0.1, 0.15) is 6.92 Å². The van der Waals surface area contributed by atoms with Crippen molar-refractivity contribution in [1.82, 2.24) is 19.9 Å². The van der Waals surface area contributed by atoms with Gasteiger partial charge in [-0.1, -0.05) is 11.8 Å². The number of nitrogen functional groups attached to an aromatic ring is 1. The largest absolute Gasteiger partial charge is 0.494 e. The van der Waals surface area contributed by atoms with Crippen molar-refractivity contribution in [3.05, 3.63) is 48.8 Å². The summed E-state index contributed by atoms with van der Waals surface area (Å²) in [5, 5.41) is 11.4. The molecular formula is C17H18N6O2S. The molecule has 0 aliphatic rings. The summed E-state index contributed by atoms with van der Waals surface area (Å²) in [6.45, 7) is 2.52. The van der Waals surface area contributed by atoms with Crippen LogP contribution in [0, 0.1) is 0 Å². The van der Waals surface area contributed by atoms with E-state index in [1.54, 1.807) is 30.6 Å². The molecule has 0 saturated carbocycles. The molecule has 0 radical (unpaired) electrons. The Bertz CT molecular complexity index is 867. The van der Waals surface area contributed by atoms with Gasteiger partial charge in [-0.25, -0.2) is 4.68 Å². The summed E-state index contributed by atoms with van der Waals surface area (Å²) in [6, 6.07) is 10.8. The number of pyridine rings is 1. The second kappa shape index (κ2) is 8.34. The second-order valence-corrected chi connectivity index (χ2v) is 6.15. The lowest BCUT2D eigenvalue weighted by Crippen LogP contribution is -2.16. The minimum Gasteiger partial charge on any atom is -0.494 e. The Morgan fingerprint density at radius 1 is 1.27 bits per heavy atom. The predicted molar refractivity (Wildman–Crippen MR) is 100 cm³/mol. The van der Waals surface area contributed by atoms with Gasteiger partial charge in [-0.3, -0.25) is 9.78 Å². The van der Waals surface area contributed by atoms with Gasteiger partial charge in [-0.05, 0) is 43.3 Å². The highest BCUT2D eigenvalue weighted by Crippen LogP contribution is 2.21. The monoisotopic (exact) mass is 370 g/mol. The zero-order valence-electron chi connectivity index (χ0n) is 14.1. The molecule has 1 amide bonds. The van der Waals surface area contributed by atoms with Crippen LogP contribution in [0.5, 0.6) is 5.75 Å². The van der Waals surface area contributed by atoms with E-state index in [2.05, 4.69) is 20.5 Å². The number of rotatable bonds is 7. The van der Waals surface area contributed by atoms with E-state index in [1.807, 2.05) is 25.1 Å². The number of amides is 1. The smallest absolute Gasteiger partial charge is 0.234 e. The summed E-state index contributed by atoms with van der Waals surface area (Å²) in [7, 11) is 0. The molecule has 3 aromatic rings. The van der Waals surface area contributed by atoms with Crippen LogP contribution in [-0.4, -0.2) is 38.1 Å². The maximum atomic E-state index is 12.1. The first-order valence-electron chi connectivity index (χ1n) is 7.93. The van der Waals surface area contributed by atoms with Crippen LogP contribution in [0.3, 0.4) is 0 Å². The number of thioether (sulfide) groups is 1. The summed E-state index contributed by atoms with van der Waals surface area (Å²) in [5.41, 5.74) is 1.46. The maximum Gasteiger partial charge on any atom is 0.234 e. The molecule has 1 aromatic carbocycles. The molecule has 0 bridgehead atoms. The molecule has 0 atom stereocenters. The first-order chi connectivity index (χ1) is 12.7. The van der Waals surface area contributed by atoms with Gasteiger partial charge in [0, 0.05) is 23.6 Å². The van der Waals surface area contributed by atoms with Gasteiger partial charge in [-0.2, -0.15) is 0 Å². The quantitative estimate of drug-likeness (QED) is 0.485. The molecule has 134 valence electrons. The van der Waals surface area contributed by atoms with Crippen molar-refractivity contribution in [3.63, 3.8) is 0 Å². The number of carbonyl (C=O) groups excluding carboxylic acids is 1. The van der Waals surface area contributed by atoms with E-state index in [4.69, 9.17) is 10.6 Å². The van der Waals surface area contributed by atoms with Gasteiger partial charge in [0.1, 0.15) is 5.75 Å². The average Bonchev–Trinajstić information content (AvgIpc) is 3.03. The van der Waals surface area contributed by atoms with E-state index >= 15 is 0 Å². The van der Waals surface area contributed by atoms with Crippen molar-refractivity contribution in [2.45, 2.75) is 12.1 Å². The highest BCUT2D eigenvalue weighted by Gasteiger charge is 2.14. The third kappa shape index (κ3) is 4.31. The lowest BCUT2D eigenvalue weighted by Gasteiger charge is -2.07. The molecule has 0 unspecified atom stereocenters. The Labute approximate surface area is 154 Å². The normalized spacial score (nSPS) is 10.5. The van der Waals surface area contributed by atoms with Gasteiger partial charge in [0.2, 0.25) is 11.1 Å². The topological polar surface area (TPSA) is 108 Å². The molecule has 0 spiro atoms. The summed E-state index contributed by atoms with van der Waals surface area (Å²) >= 11 is 1.21. The molecule has 8 nitrogen and oxygen atoms in total. The second-order valence-electron chi connectivity index (χ2n) is 5.21. The van der Waals surface area contributed by atoms with Crippen LogP contribution in [-0.2, 0) is 4.79 Å². The highest BCUT2D eigenvalue weighted by molar-refractivity contribution is 7.99. The van der Waals surface area contributed by atoms with Gasteiger partial charge in [-0.15, -0.1) is 10.2 Å². The van der Waals surface area contributed by atoms with Crippen LogP contribution in [0.15, 0.2) is 53.9 Å². The molecule has 2 heterocycles. The number of carbonyl (C=O) groups is 1. The lowest BCUT2D eigenvalue weighted by molar-refractivity contribution is -0.113. The number of nitrogens with one attached hydrogen (secondary N) is 1. The van der Waals surface area contributed by atoms with Gasteiger partial charge < -0.3 is 15.9 Å². The predicted octanol–water partition coefficient (Wildman–Crippen LogP) is 2.18. The molecule has 3 rings (SSSR count). The Hall–Kier alpha value is -3.07. The summed E-state index contributed by atoms with van der Waals surface area (Å²) in [4.78, 5) is 16.1. The van der Waals surface area contributed by atoms with E-state index in [0.717, 1.165) is 11.3 Å². The SMILES string of the molecule is CCOc1ccc(NC(=O)CSc2nnc(-c3cccnc3)n2N)cc1. The number of anilines is 1. The van der Waals surface area contributed by atoms with Gasteiger partial charge in [0.15, 0.2) is 5.82 Å². The fourth-order valence-corrected chi connectivity index (χ4v) is 2.85. The van der Waals surface area contributed by atoms with Crippen molar-refractivity contribution >= 4 is 23.4 Å². The molecule has 0 aliphatic carbocycles. The number of aromatic nitrogens is 4. The van der Waals surface area contributed by atoms with Crippen molar-refractivity contribution in [2.75, 3.05) is 23.5 Å². The van der Waals surface area contributed by atoms with Gasteiger partial charge in [0.05, 0.1) is 12.4 Å². The zero-order valence-corrected chi connectivity index (χ0v) is 14.9. The molecule has 0 aliphatic heterocycles. The van der Waals surface area contributed by atoms with E-state index < -0.39 is 0 Å². The first kappa shape index (κ1) is 17.7. The van der Waals surface area contributed by atoms with Gasteiger partial charge >= 0.3 is 0 Å². The summed E-state index contributed by atoms with van der Waals surface area (Å²) in [6.07, 6.45) is 3.32. The van der Waals surface area contributed by atoms with Crippen LogP contribution in [0.4, 0.5) is 5.69 Å². The molecule has 9 heteroatoms. The Morgan fingerprint density at radius 2 is 2.08 bits per heavy atom. The van der Waals surface area contributed by atoms with Gasteiger partial charge in [0.25, 0.3) is 0 Å². The number of hydrogen-bond acceptors (Lipinski definition) is 7. The summed E-state index contributed by atoms with van der Waals surface area (Å²) in [5.74, 6) is 7.27. The van der Waals surface area contributed by atoms with Crippen LogP contribution in [0.25, 0.3) is 11.4 Å². The third-order valence-corrected chi connectivity index (χ3v) is 4.31. The van der Waals surface area contributed by atoms with Crippen LogP contribution < -0.4 is 15.9 Å². The summed E-state index contributed by atoms with van der Waals surface area (Å²) < 4.78 is 6.72. The number of ether oxygens (including phenoxy) is 1. The standard InChI is InChI=1S/C17H18N6O2S/c1-2-25-14-7-5-13(6-8-14)20-15(24)11-26-17-22-21-16(23(17)18)12-4-3-9-19-10-12/h3-10H,2,11,18H2,1H3,(H,20,24). The molecule has 0 saturated heterocycles. The van der Waals surface area contributed by atoms with Crippen molar-refractivity contribution in [2.24, 2.45) is 0 Å². The number of nitrogens with two attached hydrogens (primary N) is 1. The minimum atomic E-state index is -0.162. The highest BCUT2D eigenvalue weighted by atomic mass is 32.2. The van der Waals surface area contributed by atoms with Crippen molar-refractivity contribution < 1.29 is 9.53 Å². The Morgan fingerprint density at radius 3 is 2.77 bits per heavy atom. The Balaban J connectivity index is 1.57. The fourth-order valence-electron chi connectivity index (χ4n) is 2.20. The minimum absolute atomic E-state index is 0.162. The lowest BCUT2D eigenvalue weighted by atomic mass is 10.3. The maximum absolute atomic E-state index is 12.1. The average molecular weight is 370 g/mol. The molecule has 2 aromatic heterocycles. The van der Waals surface area contributed by atoms with E-state index in [0.29, 0.717) is 23.3 Å². The van der Waals surface area contributed by atoms with Crippen molar-refractivity contribution in [3.8, 4) is 17.1 Å². The number of nitrogens with zero attached hydrogens (tertiary/aromatic N) is 4. The van der Waals surface area contributed by atoms with Crippen LogP contribution >= 0.6 is 11.8 Å². The zero-order chi connectivity index (χ0) is 18.4. The molecular weight excluding hydrogens is 352 g/mol. The fraction of sp³-hybridized carbons (Fsp3) is 0.176.